The molecule has 2 heterocycles. The first-order valence-electron chi connectivity index (χ1n) is 11.2. The first-order valence-corrected chi connectivity index (χ1v) is 11.2. The molecule has 1 amide bonds. The number of nitrogens with zero attached hydrogens (tertiary/aromatic N) is 5. The van der Waals surface area contributed by atoms with Gasteiger partial charge in [-0.05, 0) is 58.2 Å². The fourth-order valence-corrected chi connectivity index (χ4v) is 2.95. The molecule has 0 saturated carbocycles. The van der Waals surface area contributed by atoms with Crippen LogP contribution in [-0.2, 0) is 17.8 Å². The molecule has 176 valence electrons. The average molecular weight is 444 g/mol. The molecule has 0 aliphatic carbocycles. The van der Waals surface area contributed by atoms with Gasteiger partial charge in [0.05, 0.1) is 6.54 Å². The van der Waals surface area contributed by atoms with E-state index in [0.717, 1.165) is 44.0 Å². The van der Waals surface area contributed by atoms with Gasteiger partial charge in [0.15, 0.2) is 5.96 Å². The molecule has 0 saturated heterocycles. The number of carbonyl (C=O) groups excluding carboxylic acids is 1. The van der Waals surface area contributed by atoms with E-state index in [9.17, 15) is 4.79 Å². The Morgan fingerprint density at radius 2 is 2.06 bits per heavy atom. The van der Waals surface area contributed by atoms with Crippen molar-refractivity contribution in [2.45, 2.75) is 59.2 Å². The molecular formula is C23H37N7O2. The molecule has 9 nitrogen and oxygen atoms in total. The van der Waals surface area contributed by atoms with E-state index in [1.165, 1.54) is 0 Å². The molecule has 0 aliphatic rings. The van der Waals surface area contributed by atoms with Crippen molar-refractivity contribution in [1.82, 2.24) is 30.3 Å². The number of hydrogen-bond donors (Lipinski definition) is 2. The van der Waals surface area contributed by atoms with Gasteiger partial charge in [0.25, 0.3) is 0 Å². The molecule has 0 unspecified atom stereocenters. The maximum absolute atomic E-state index is 12.7. The van der Waals surface area contributed by atoms with Gasteiger partial charge < -0.3 is 20.3 Å². The zero-order valence-corrected chi connectivity index (χ0v) is 19.8. The molecule has 9 heteroatoms. The highest BCUT2D eigenvalue weighted by Crippen LogP contribution is 2.13. The number of rotatable bonds is 11. The zero-order valence-electron chi connectivity index (χ0n) is 19.8. The maximum Gasteiger partial charge on any atom is 0.410 e. The van der Waals surface area contributed by atoms with E-state index in [1.807, 2.05) is 56.8 Å². The predicted octanol–water partition coefficient (Wildman–Crippen LogP) is 3.05. The molecule has 0 radical (unpaired) electrons. The van der Waals surface area contributed by atoms with E-state index in [4.69, 9.17) is 4.74 Å². The minimum absolute atomic E-state index is 0.325. The minimum atomic E-state index is -0.541. The summed E-state index contributed by atoms with van der Waals surface area (Å²) in [5, 5.41) is 10.8. The predicted molar refractivity (Wildman–Crippen MR) is 126 cm³/mol. The fraction of sp³-hybridized carbons (Fsp3) is 0.565. The number of carbonyl (C=O) groups is 1. The third kappa shape index (κ3) is 10.3. The highest BCUT2D eigenvalue weighted by molar-refractivity contribution is 5.79. The lowest BCUT2D eigenvalue weighted by molar-refractivity contribution is 0.0232. The maximum atomic E-state index is 12.7. The van der Waals surface area contributed by atoms with Crippen molar-refractivity contribution in [1.29, 1.82) is 0 Å². The van der Waals surface area contributed by atoms with E-state index in [-0.39, 0.29) is 6.09 Å². The van der Waals surface area contributed by atoms with Crippen molar-refractivity contribution in [3.8, 4) is 0 Å². The molecule has 0 atom stereocenters. The van der Waals surface area contributed by atoms with Crippen LogP contribution in [0, 0.1) is 0 Å². The summed E-state index contributed by atoms with van der Waals surface area (Å²) >= 11 is 0. The van der Waals surface area contributed by atoms with Crippen LogP contribution in [0.25, 0.3) is 0 Å². The number of ether oxygens (including phenoxy) is 1. The van der Waals surface area contributed by atoms with E-state index in [2.05, 4.69) is 25.7 Å². The van der Waals surface area contributed by atoms with Gasteiger partial charge in [-0.1, -0.05) is 6.07 Å². The smallest absolute Gasteiger partial charge is 0.410 e. The number of nitrogens with one attached hydrogen (secondary N) is 2. The summed E-state index contributed by atoms with van der Waals surface area (Å²) in [7, 11) is 0. The van der Waals surface area contributed by atoms with Crippen LogP contribution in [-0.4, -0.2) is 63.5 Å². The summed E-state index contributed by atoms with van der Waals surface area (Å²) in [5.74, 6) is 0.782. The number of pyridine rings is 1. The molecular weight excluding hydrogens is 406 g/mol. The van der Waals surface area contributed by atoms with Crippen LogP contribution in [0.15, 0.2) is 48.0 Å². The normalized spacial score (nSPS) is 11.8. The number of aromatic nitrogens is 3. The van der Waals surface area contributed by atoms with E-state index < -0.39 is 5.60 Å². The molecule has 2 aromatic rings. The number of aliphatic imine (C=N–C) groups is 1. The van der Waals surface area contributed by atoms with Crippen LogP contribution < -0.4 is 10.6 Å². The summed E-state index contributed by atoms with van der Waals surface area (Å²) in [6, 6.07) is 5.75. The Hall–Kier alpha value is -3.10. The summed E-state index contributed by atoms with van der Waals surface area (Å²) in [6.07, 6.45) is 8.59. The lowest BCUT2D eigenvalue weighted by Crippen LogP contribution is -2.39. The van der Waals surface area contributed by atoms with Crippen molar-refractivity contribution >= 4 is 12.1 Å². The number of guanidine groups is 1. The van der Waals surface area contributed by atoms with Gasteiger partial charge in [-0.15, -0.1) is 0 Å². The lowest BCUT2D eigenvalue weighted by Gasteiger charge is -2.27. The Morgan fingerprint density at radius 1 is 1.22 bits per heavy atom. The summed E-state index contributed by atoms with van der Waals surface area (Å²) in [6.45, 7) is 11.7. The summed E-state index contributed by atoms with van der Waals surface area (Å²) < 4.78 is 7.50. The van der Waals surface area contributed by atoms with Gasteiger partial charge in [-0.25, -0.2) is 4.79 Å². The Balaban J connectivity index is 1.84. The van der Waals surface area contributed by atoms with Gasteiger partial charge in [0, 0.05) is 57.5 Å². The molecule has 0 aliphatic heterocycles. The third-order valence-electron chi connectivity index (χ3n) is 4.36. The summed E-state index contributed by atoms with van der Waals surface area (Å²) in [4.78, 5) is 23.2. The van der Waals surface area contributed by atoms with Gasteiger partial charge in [-0.2, -0.15) is 5.10 Å². The second-order valence-corrected chi connectivity index (χ2v) is 8.43. The van der Waals surface area contributed by atoms with Gasteiger partial charge >= 0.3 is 6.09 Å². The van der Waals surface area contributed by atoms with Crippen molar-refractivity contribution < 1.29 is 9.53 Å². The highest BCUT2D eigenvalue weighted by Gasteiger charge is 2.22. The van der Waals surface area contributed by atoms with Crippen LogP contribution in [0.2, 0.25) is 0 Å². The topological polar surface area (TPSA) is 96.7 Å². The SMILES string of the molecule is CCNC(=NCCCN(Cc1cccnc1)C(=O)OC(C)(C)C)NCCCn1cccn1. The molecule has 0 spiro atoms. The van der Waals surface area contributed by atoms with Gasteiger partial charge in [0.2, 0.25) is 0 Å². The van der Waals surface area contributed by atoms with Gasteiger partial charge in [-0.3, -0.25) is 14.7 Å². The van der Waals surface area contributed by atoms with Crippen LogP contribution in [0.1, 0.15) is 46.1 Å². The zero-order chi connectivity index (χ0) is 23.2. The molecule has 0 aromatic carbocycles. The molecule has 32 heavy (non-hydrogen) atoms. The van der Waals surface area contributed by atoms with Crippen LogP contribution in [0.3, 0.4) is 0 Å². The quantitative estimate of drug-likeness (QED) is 0.315. The molecule has 0 fully saturated rings. The fourth-order valence-electron chi connectivity index (χ4n) is 2.95. The standard InChI is InChI=1S/C23H37N7O2/c1-5-25-21(27-13-8-16-30-17-9-14-28-30)26-12-7-15-29(22(31)32-23(2,3)4)19-20-10-6-11-24-18-20/h6,9-11,14,17-18H,5,7-8,12-13,15-16,19H2,1-4H3,(H2,25,26,27). The molecule has 2 aromatic heterocycles. The lowest BCUT2D eigenvalue weighted by atomic mass is 10.2. The third-order valence-corrected chi connectivity index (χ3v) is 4.36. The van der Waals surface area contributed by atoms with Crippen LogP contribution in [0.5, 0.6) is 0 Å². The van der Waals surface area contributed by atoms with E-state index in [0.29, 0.717) is 19.6 Å². The minimum Gasteiger partial charge on any atom is -0.444 e. The number of aryl methyl sites for hydroxylation is 1. The van der Waals surface area contributed by atoms with Crippen molar-refractivity contribution in [3.63, 3.8) is 0 Å². The average Bonchev–Trinajstić information content (AvgIpc) is 3.26. The van der Waals surface area contributed by atoms with E-state index >= 15 is 0 Å². The first-order chi connectivity index (χ1) is 15.4. The molecule has 2 N–H and O–H groups in total. The second kappa shape index (κ2) is 13.3. The summed E-state index contributed by atoms with van der Waals surface area (Å²) in [5.41, 5.74) is 0.426. The Labute approximate surface area is 191 Å². The van der Waals surface area contributed by atoms with Crippen LogP contribution in [0.4, 0.5) is 4.79 Å². The second-order valence-electron chi connectivity index (χ2n) is 8.43. The largest absolute Gasteiger partial charge is 0.444 e. The van der Waals surface area contributed by atoms with Crippen LogP contribution >= 0.6 is 0 Å². The monoisotopic (exact) mass is 443 g/mol. The van der Waals surface area contributed by atoms with E-state index in [1.54, 1.807) is 23.5 Å². The Morgan fingerprint density at radius 3 is 2.72 bits per heavy atom. The first kappa shape index (κ1) is 25.2. The Bertz CT molecular complexity index is 802. The van der Waals surface area contributed by atoms with Crippen molar-refractivity contribution in [3.05, 3.63) is 48.5 Å². The number of amides is 1. The number of hydrogen-bond acceptors (Lipinski definition) is 5. The van der Waals surface area contributed by atoms with Crippen molar-refractivity contribution in [2.24, 2.45) is 4.99 Å². The molecule has 0 bridgehead atoms. The Kier molecular flexibility index (Phi) is 10.5. The van der Waals surface area contributed by atoms with Gasteiger partial charge in [0.1, 0.15) is 5.60 Å². The highest BCUT2D eigenvalue weighted by atomic mass is 16.6. The molecule has 2 rings (SSSR count). The van der Waals surface area contributed by atoms with Crippen molar-refractivity contribution in [2.75, 3.05) is 26.2 Å².